The zero-order valence-electron chi connectivity index (χ0n) is 11.2. The zero-order chi connectivity index (χ0) is 13.2. The van der Waals surface area contributed by atoms with Crippen molar-refractivity contribution in [2.24, 2.45) is 5.92 Å². The molecule has 19 heavy (non-hydrogen) atoms. The summed E-state index contributed by atoms with van der Waals surface area (Å²) in [7, 11) is 0. The molecule has 1 amide bonds. The van der Waals surface area contributed by atoms with Gasteiger partial charge in [-0.05, 0) is 50.2 Å². The third-order valence-electron chi connectivity index (χ3n) is 3.95. The van der Waals surface area contributed by atoms with Gasteiger partial charge in [0.15, 0.2) is 0 Å². The number of thioether (sulfide) groups is 1. The fraction of sp³-hybridized carbons (Fsp3) is 0.643. The van der Waals surface area contributed by atoms with Gasteiger partial charge in [-0.25, -0.2) is 0 Å². The Hall–Kier alpha value is -0.520. The van der Waals surface area contributed by atoms with E-state index >= 15 is 0 Å². The van der Waals surface area contributed by atoms with E-state index in [0.29, 0.717) is 11.8 Å². The van der Waals surface area contributed by atoms with Gasteiger partial charge in [-0.2, -0.15) is 0 Å². The van der Waals surface area contributed by atoms with Crippen LogP contribution in [0.4, 0.5) is 0 Å². The highest BCUT2D eigenvalue weighted by Crippen LogP contribution is 2.45. The fourth-order valence-electron chi connectivity index (χ4n) is 2.85. The summed E-state index contributed by atoms with van der Waals surface area (Å²) in [5.41, 5.74) is 0. The molecule has 0 spiro atoms. The van der Waals surface area contributed by atoms with Crippen LogP contribution in [-0.4, -0.2) is 35.7 Å². The van der Waals surface area contributed by atoms with Gasteiger partial charge in [0, 0.05) is 11.4 Å². The Kier molecular flexibility index (Phi) is 4.15. The van der Waals surface area contributed by atoms with Crippen molar-refractivity contribution in [1.29, 1.82) is 0 Å². The van der Waals surface area contributed by atoms with Crippen molar-refractivity contribution < 1.29 is 4.79 Å². The maximum atomic E-state index is 12.4. The fourth-order valence-corrected chi connectivity index (χ4v) is 5.09. The lowest BCUT2D eigenvalue weighted by Gasteiger charge is -2.30. The smallest absolute Gasteiger partial charge is 0.236 e. The highest BCUT2D eigenvalue weighted by atomic mass is 32.2. The van der Waals surface area contributed by atoms with Crippen molar-refractivity contribution in [1.82, 2.24) is 10.2 Å². The first-order valence-electron chi connectivity index (χ1n) is 6.96. The van der Waals surface area contributed by atoms with Crippen molar-refractivity contribution in [3.05, 3.63) is 22.4 Å². The summed E-state index contributed by atoms with van der Waals surface area (Å²) >= 11 is 3.56. The molecule has 1 aromatic rings. The van der Waals surface area contributed by atoms with Crippen molar-refractivity contribution in [3.8, 4) is 0 Å². The van der Waals surface area contributed by atoms with Crippen LogP contribution >= 0.6 is 23.1 Å². The molecule has 0 unspecified atom stereocenters. The number of carbonyl (C=O) groups excluding carboxylic acids is 1. The molecule has 0 radical (unpaired) electrons. The van der Waals surface area contributed by atoms with E-state index in [2.05, 4.69) is 27.7 Å². The van der Waals surface area contributed by atoms with Gasteiger partial charge in [0.2, 0.25) is 5.91 Å². The summed E-state index contributed by atoms with van der Waals surface area (Å²) in [5, 5.41) is 5.85. The topological polar surface area (TPSA) is 32.3 Å². The highest BCUT2D eigenvalue weighted by molar-refractivity contribution is 8.01. The molecule has 0 aliphatic carbocycles. The molecule has 2 aliphatic heterocycles. The summed E-state index contributed by atoms with van der Waals surface area (Å²) in [6.45, 7) is 5.16. The number of amides is 1. The van der Waals surface area contributed by atoms with Crippen LogP contribution in [-0.2, 0) is 4.79 Å². The second-order valence-electron chi connectivity index (χ2n) is 5.33. The second-order valence-corrected chi connectivity index (χ2v) is 7.74. The Bertz CT molecular complexity index is 429. The molecule has 3 heterocycles. The van der Waals surface area contributed by atoms with E-state index in [0.717, 1.165) is 19.6 Å². The first-order chi connectivity index (χ1) is 9.25. The number of rotatable bonds is 3. The minimum Gasteiger partial charge on any atom is -0.324 e. The van der Waals surface area contributed by atoms with E-state index in [4.69, 9.17) is 0 Å². The largest absolute Gasteiger partial charge is 0.324 e. The third kappa shape index (κ3) is 2.83. The SMILES string of the molecule is C[C@@H]1S[C@@H](c2cccs2)N(CC2CCNCC2)C1=O. The summed E-state index contributed by atoms with van der Waals surface area (Å²) in [6.07, 6.45) is 2.39. The Morgan fingerprint density at radius 3 is 2.89 bits per heavy atom. The Balaban J connectivity index is 1.73. The molecule has 2 fully saturated rings. The van der Waals surface area contributed by atoms with Crippen LogP contribution in [0.5, 0.6) is 0 Å². The molecule has 2 aliphatic rings. The standard InChI is InChI=1S/C14H20N2OS2/c1-10-13(17)16(9-11-4-6-15-7-5-11)14(19-10)12-3-2-8-18-12/h2-3,8,10-11,14-15H,4-7,9H2,1H3/t10-,14-/m0/s1. The molecule has 0 saturated carbocycles. The highest BCUT2D eigenvalue weighted by Gasteiger charge is 2.39. The van der Waals surface area contributed by atoms with Gasteiger partial charge in [-0.3, -0.25) is 4.79 Å². The van der Waals surface area contributed by atoms with Crippen LogP contribution in [0.15, 0.2) is 17.5 Å². The van der Waals surface area contributed by atoms with Crippen LogP contribution in [0, 0.1) is 5.92 Å². The molecule has 5 heteroatoms. The molecular weight excluding hydrogens is 276 g/mol. The molecule has 2 saturated heterocycles. The second kappa shape index (κ2) is 5.85. The summed E-state index contributed by atoms with van der Waals surface area (Å²) in [5.74, 6) is 0.987. The van der Waals surface area contributed by atoms with Crippen molar-refractivity contribution in [3.63, 3.8) is 0 Å². The van der Waals surface area contributed by atoms with Gasteiger partial charge in [0.05, 0.1) is 5.25 Å². The molecule has 0 aromatic carbocycles. The first-order valence-corrected chi connectivity index (χ1v) is 8.78. The van der Waals surface area contributed by atoms with E-state index in [1.807, 2.05) is 6.92 Å². The molecular formula is C14H20N2OS2. The Morgan fingerprint density at radius 1 is 1.42 bits per heavy atom. The Labute approximate surface area is 122 Å². The van der Waals surface area contributed by atoms with Gasteiger partial charge >= 0.3 is 0 Å². The van der Waals surface area contributed by atoms with E-state index in [9.17, 15) is 4.79 Å². The maximum Gasteiger partial charge on any atom is 0.236 e. The van der Waals surface area contributed by atoms with Gasteiger partial charge in [0.25, 0.3) is 0 Å². The normalized spacial score (nSPS) is 29.1. The van der Waals surface area contributed by atoms with E-state index in [1.165, 1.54) is 17.7 Å². The molecule has 104 valence electrons. The first kappa shape index (κ1) is 13.5. The minimum atomic E-state index is 0.105. The lowest BCUT2D eigenvalue weighted by molar-refractivity contribution is -0.130. The van der Waals surface area contributed by atoms with Crippen LogP contribution in [0.1, 0.15) is 30.0 Å². The number of nitrogens with zero attached hydrogens (tertiary/aromatic N) is 1. The minimum absolute atomic E-state index is 0.105. The summed E-state index contributed by atoms with van der Waals surface area (Å²) < 4.78 is 0. The van der Waals surface area contributed by atoms with Crippen LogP contribution < -0.4 is 5.32 Å². The average Bonchev–Trinajstić information content (AvgIpc) is 3.04. The van der Waals surface area contributed by atoms with Crippen LogP contribution in [0.2, 0.25) is 0 Å². The van der Waals surface area contributed by atoms with Crippen molar-refractivity contribution in [2.45, 2.75) is 30.4 Å². The number of nitrogens with one attached hydrogen (secondary N) is 1. The summed E-state index contributed by atoms with van der Waals surface area (Å²) in [6, 6.07) is 4.24. The average molecular weight is 296 g/mol. The van der Waals surface area contributed by atoms with E-state index in [1.54, 1.807) is 23.1 Å². The molecule has 3 rings (SSSR count). The number of thiophene rings is 1. The molecule has 3 nitrogen and oxygen atoms in total. The zero-order valence-corrected chi connectivity index (χ0v) is 12.8. The number of piperidine rings is 1. The number of hydrogen-bond acceptors (Lipinski definition) is 4. The number of hydrogen-bond donors (Lipinski definition) is 1. The van der Waals surface area contributed by atoms with E-state index < -0.39 is 0 Å². The van der Waals surface area contributed by atoms with Crippen molar-refractivity contribution >= 4 is 29.0 Å². The predicted octanol–water partition coefficient (Wildman–Crippen LogP) is 2.71. The third-order valence-corrected chi connectivity index (χ3v) is 6.40. The van der Waals surface area contributed by atoms with Crippen molar-refractivity contribution in [2.75, 3.05) is 19.6 Å². The van der Waals surface area contributed by atoms with Gasteiger partial charge < -0.3 is 10.2 Å². The van der Waals surface area contributed by atoms with Crippen LogP contribution in [0.3, 0.4) is 0 Å². The monoisotopic (exact) mass is 296 g/mol. The molecule has 0 bridgehead atoms. The lowest BCUT2D eigenvalue weighted by atomic mass is 9.97. The van der Waals surface area contributed by atoms with Gasteiger partial charge in [0.1, 0.15) is 5.37 Å². The van der Waals surface area contributed by atoms with Gasteiger partial charge in [-0.15, -0.1) is 23.1 Å². The van der Waals surface area contributed by atoms with E-state index in [-0.39, 0.29) is 10.6 Å². The predicted molar refractivity (Wildman–Crippen MR) is 81.4 cm³/mol. The number of carbonyl (C=O) groups is 1. The van der Waals surface area contributed by atoms with Gasteiger partial charge in [-0.1, -0.05) is 6.07 Å². The lowest BCUT2D eigenvalue weighted by Crippen LogP contribution is -2.38. The molecule has 2 atom stereocenters. The van der Waals surface area contributed by atoms with Crippen LogP contribution in [0.25, 0.3) is 0 Å². The Morgan fingerprint density at radius 2 is 2.21 bits per heavy atom. The quantitative estimate of drug-likeness (QED) is 0.931. The molecule has 1 N–H and O–H groups in total. The maximum absolute atomic E-state index is 12.4. The molecule has 1 aromatic heterocycles. The summed E-state index contributed by atoms with van der Waals surface area (Å²) in [4.78, 5) is 15.8.